The number of hydrogen-bond donors (Lipinski definition) is 1. The summed E-state index contributed by atoms with van der Waals surface area (Å²) in [6.45, 7) is 5.03. The molecule has 0 fully saturated rings. The zero-order chi connectivity index (χ0) is 13.8. The van der Waals surface area contributed by atoms with Crippen molar-refractivity contribution in [1.82, 2.24) is 0 Å². The van der Waals surface area contributed by atoms with Crippen LogP contribution in [0.4, 0.5) is 4.79 Å². The van der Waals surface area contributed by atoms with Crippen LogP contribution in [0.25, 0.3) is 0 Å². The molecule has 0 aromatic heterocycles. The van der Waals surface area contributed by atoms with Crippen LogP contribution in [-0.4, -0.2) is 17.7 Å². The number of rotatable bonds is 2. The molecular weight excluding hydrogens is 234 g/mol. The highest BCUT2D eigenvalue weighted by molar-refractivity contribution is 5.86. The molecule has 0 amide bonds. The topological polar surface area (TPSA) is 78.6 Å². The van der Waals surface area contributed by atoms with E-state index < -0.39 is 23.8 Å². The van der Waals surface area contributed by atoms with E-state index in [1.54, 1.807) is 51.1 Å². The zero-order valence-corrected chi connectivity index (χ0v) is 10.7. The van der Waals surface area contributed by atoms with E-state index in [0.29, 0.717) is 5.56 Å². The van der Waals surface area contributed by atoms with Crippen molar-refractivity contribution < 1.29 is 19.1 Å². The molecule has 5 heteroatoms. The first-order chi connectivity index (χ1) is 8.29. The average Bonchev–Trinajstić information content (AvgIpc) is 2.26. The van der Waals surface area contributed by atoms with Gasteiger partial charge in [-0.25, -0.2) is 9.59 Å². The fraction of sp³-hybridized carbons (Fsp3) is 0.385. The Hall–Kier alpha value is -1.88. The number of carbonyl (C=O) groups is 2. The van der Waals surface area contributed by atoms with E-state index in [2.05, 4.69) is 4.74 Å². The van der Waals surface area contributed by atoms with Gasteiger partial charge in [0.2, 0.25) is 0 Å². The van der Waals surface area contributed by atoms with Gasteiger partial charge in [-0.15, -0.1) is 0 Å². The molecule has 0 radical (unpaired) electrons. The number of nitrogens with two attached hydrogens (primary N) is 1. The number of ether oxygens (including phenoxy) is 2. The Morgan fingerprint density at radius 1 is 1.17 bits per heavy atom. The van der Waals surface area contributed by atoms with Crippen molar-refractivity contribution in [3.8, 4) is 0 Å². The summed E-state index contributed by atoms with van der Waals surface area (Å²) in [5, 5.41) is 0. The van der Waals surface area contributed by atoms with Gasteiger partial charge in [0.25, 0.3) is 0 Å². The molecule has 0 bridgehead atoms. The number of esters is 1. The molecule has 98 valence electrons. The van der Waals surface area contributed by atoms with E-state index in [1.165, 1.54) is 0 Å². The third-order valence-electron chi connectivity index (χ3n) is 1.99. The summed E-state index contributed by atoms with van der Waals surface area (Å²) in [6, 6.07) is 7.65. The lowest BCUT2D eigenvalue weighted by Crippen LogP contribution is -2.30. The Morgan fingerprint density at radius 3 is 2.22 bits per heavy atom. The third kappa shape index (κ3) is 4.55. The van der Waals surface area contributed by atoms with Gasteiger partial charge in [-0.05, 0) is 26.3 Å². The van der Waals surface area contributed by atoms with Crippen molar-refractivity contribution >= 4 is 12.1 Å². The molecule has 0 aliphatic rings. The van der Waals surface area contributed by atoms with Crippen LogP contribution in [0.5, 0.6) is 0 Å². The third-order valence-corrected chi connectivity index (χ3v) is 1.99. The Labute approximate surface area is 106 Å². The smallest absolute Gasteiger partial charge is 0.428 e. The normalized spacial score (nSPS) is 12.7. The van der Waals surface area contributed by atoms with Crippen molar-refractivity contribution in [2.45, 2.75) is 32.4 Å². The monoisotopic (exact) mass is 251 g/mol. The van der Waals surface area contributed by atoms with Crippen molar-refractivity contribution in [2.75, 3.05) is 0 Å². The van der Waals surface area contributed by atoms with Gasteiger partial charge in [0.15, 0.2) is 0 Å². The Balaban J connectivity index is 2.59. The largest absolute Gasteiger partial charge is 0.516 e. The second kappa shape index (κ2) is 5.64. The van der Waals surface area contributed by atoms with E-state index in [-0.39, 0.29) is 0 Å². The van der Waals surface area contributed by atoms with Gasteiger partial charge >= 0.3 is 12.1 Å². The van der Waals surface area contributed by atoms with Crippen molar-refractivity contribution in [2.24, 2.45) is 5.73 Å². The van der Waals surface area contributed by atoms with Crippen molar-refractivity contribution in [3.63, 3.8) is 0 Å². The van der Waals surface area contributed by atoms with Crippen LogP contribution in [0.3, 0.4) is 0 Å². The number of hydrogen-bond acceptors (Lipinski definition) is 5. The van der Waals surface area contributed by atoms with Gasteiger partial charge in [0, 0.05) is 0 Å². The average molecular weight is 251 g/mol. The van der Waals surface area contributed by atoms with Crippen LogP contribution >= 0.6 is 0 Å². The first-order valence-electron chi connectivity index (χ1n) is 5.55. The van der Waals surface area contributed by atoms with E-state index >= 15 is 0 Å². The minimum absolute atomic E-state index is 0.575. The second-order valence-electron chi connectivity index (χ2n) is 4.77. The predicted octanol–water partition coefficient (Wildman–Crippen LogP) is 2.16. The molecule has 0 aliphatic carbocycles. The quantitative estimate of drug-likeness (QED) is 0.643. The fourth-order valence-corrected chi connectivity index (χ4v) is 1.21. The molecule has 2 N–H and O–H groups in total. The molecule has 0 unspecified atom stereocenters. The van der Waals surface area contributed by atoms with Gasteiger partial charge in [-0.2, -0.15) is 0 Å². The van der Waals surface area contributed by atoms with Gasteiger partial charge in [-0.1, -0.05) is 30.3 Å². The molecule has 1 atom stereocenters. The van der Waals surface area contributed by atoms with Crippen LogP contribution < -0.4 is 5.73 Å². The van der Waals surface area contributed by atoms with Gasteiger partial charge in [0.05, 0.1) is 0 Å². The maximum Gasteiger partial charge on any atom is 0.516 e. The van der Waals surface area contributed by atoms with E-state index in [9.17, 15) is 9.59 Å². The molecule has 1 aromatic carbocycles. The summed E-state index contributed by atoms with van der Waals surface area (Å²) in [7, 11) is 0. The van der Waals surface area contributed by atoms with Gasteiger partial charge in [-0.3, -0.25) is 0 Å². The van der Waals surface area contributed by atoms with E-state index in [4.69, 9.17) is 10.5 Å². The SMILES string of the molecule is CC(C)(C)OC(=O)OC(=O)[C@H](N)c1ccccc1. The number of carbonyl (C=O) groups excluding carboxylic acids is 2. The van der Waals surface area contributed by atoms with E-state index in [1.807, 2.05) is 0 Å². The number of benzene rings is 1. The molecule has 1 aromatic rings. The van der Waals surface area contributed by atoms with Crippen LogP contribution in [0, 0.1) is 0 Å². The lowest BCUT2D eigenvalue weighted by molar-refractivity contribution is -0.143. The first-order valence-corrected chi connectivity index (χ1v) is 5.55. The molecule has 5 nitrogen and oxygen atoms in total. The molecule has 0 saturated carbocycles. The summed E-state index contributed by atoms with van der Waals surface area (Å²) < 4.78 is 9.37. The maximum atomic E-state index is 11.6. The summed E-state index contributed by atoms with van der Waals surface area (Å²) >= 11 is 0. The van der Waals surface area contributed by atoms with Crippen LogP contribution in [-0.2, 0) is 14.3 Å². The summed E-state index contributed by atoms with van der Waals surface area (Å²) in [5.41, 5.74) is 5.53. The second-order valence-corrected chi connectivity index (χ2v) is 4.77. The van der Waals surface area contributed by atoms with Crippen molar-refractivity contribution in [3.05, 3.63) is 35.9 Å². The molecule has 0 heterocycles. The highest BCUT2D eigenvalue weighted by Crippen LogP contribution is 2.13. The zero-order valence-electron chi connectivity index (χ0n) is 10.7. The maximum absolute atomic E-state index is 11.6. The van der Waals surface area contributed by atoms with Gasteiger partial charge < -0.3 is 15.2 Å². The Bertz CT molecular complexity index is 422. The van der Waals surface area contributed by atoms with Crippen molar-refractivity contribution in [1.29, 1.82) is 0 Å². The summed E-state index contributed by atoms with van der Waals surface area (Å²) in [4.78, 5) is 22.9. The summed E-state index contributed by atoms with van der Waals surface area (Å²) in [5.74, 6) is -0.838. The lowest BCUT2D eigenvalue weighted by atomic mass is 10.1. The molecular formula is C13H17NO4. The molecule has 0 aliphatic heterocycles. The van der Waals surface area contributed by atoms with Gasteiger partial charge in [0.1, 0.15) is 11.6 Å². The van der Waals surface area contributed by atoms with Crippen LogP contribution in [0.2, 0.25) is 0 Å². The molecule has 0 saturated heterocycles. The molecule has 1 rings (SSSR count). The predicted molar refractivity (Wildman–Crippen MR) is 65.7 cm³/mol. The van der Waals surface area contributed by atoms with E-state index in [0.717, 1.165) is 0 Å². The summed E-state index contributed by atoms with van der Waals surface area (Å²) in [6.07, 6.45) is -1.04. The standard InChI is InChI=1S/C13H17NO4/c1-13(2,3)18-12(16)17-11(15)10(14)9-7-5-4-6-8-9/h4-8,10H,14H2,1-3H3/t10-/m1/s1. The minimum Gasteiger partial charge on any atom is -0.428 e. The Kier molecular flexibility index (Phi) is 4.44. The Morgan fingerprint density at radius 2 is 1.72 bits per heavy atom. The molecule has 0 spiro atoms. The van der Waals surface area contributed by atoms with Crippen LogP contribution in [0.15, 0.2) is 30.3 Å². The highest BCUT2D eigenvalue weighted by atomic mass is 16.7. The fourth-order valence-electron chi connectivity index (χ4n) is 1.21. The van der Waals surface area contributed by atoms with Crippen LogP contribution in [0.1, 0.15) is 32.4 Å². The molecule has 18 heavy (non-hydrogen) atoms. The highest BCUT2D eigenvalue weighted by Gasteiger charge is 2.24. The minimum atomic E-state index is -1.04. The first kappa shape index (κ1) is 14.2. The lowest BCUT2D eigenvalue weighted by Gasteiger charge is -2.19.